The van der Waals surface area contributed by atoms with Gasteiger partial charge in [0.15, 0.2) is 6.10 Å². The average Bonchev–Trinajstić information content (AvgIpc) is 3.34. The van der Waals surface area contributed by atoms with Crippen LogP contribution in [0.2, 0.25) is 0 Å². The quantitative estimate of drug-likeness (QED) is 0.314. The molecule has 0 amide bonds. The van der Waals surface area contributed by atoms with Gasteiger partial charge < -0.3 is 14.2 Å². The number of nitrogens with zero attached hydrogens (tertiary/aromatic N) is 2. The number of methoxy groups -OCH3 is 2. The molecule has 4 aromatic rings. The zero-order valence-corrected chi connectivity index (χ0v) is 23.7. The Hall–Kier alpha value is -4.31. The van der Waals surface area contributed by atoms with Gasteiger partial charge in [-0.1, -0.05) is 45.0 Å². The van der Waals surface area contributed by atoms with Crippen molar-refractivity contribution in [2.24, 2.45) is 0 Å². The molecule has 40 heavy (non-hydrogen) atoms. The third-order valence-corrected chi connectivity index (χ3v) is 8.77. The largest absolute Gasteiger partial charge is 0.497 e. The molecule has 0 aliphatic carbocycles. The van der Waals surface area contributed by atoms with E-state index >= 15 is 0 Å². The monoisotopic (exact) mass is 562 g/mol. The smallest absolute Gasteiger partial charge is 0.340 e. The van der Waals surface area contributed by atoms with E-state index in [-0.39, 0.29) is 28.2 Å². The normalized spacial score (nSPS) is 15.3. The molecule has 0 saturated heterocycles. The van der Waals surface area contributed by atoms with Gasteiger partial charge in [-0.25, -0.2) is 13.2 Å². The first-order chi connectivity index (χ1) is 19.0. The Kier molecular flexibility index (Phi) is 6.83. The molecule has 0 N–H and O–H groups in total. The van der Waals surface area contributed by atoms with E-state index in [0.29, 0.717) is 22.3 Å². The van der Waals surface area contributed by atoms with Crippen LogP contribution in [0.3, 0.4) is 0 Å². The molecule has 5 rings (SSSR count). The molecular formula is C30H30N2O7S. The van der Waals surface area contributed by atoms with Crippen molar-refractivity contribution in [1.29, 1.82) is 0 Å². The van der Waals surface area contributed by atoms with Gasteiger partial charge in [0.05, 0.1) is 42.4 Å². The summed E-state index contributed by atoms with van der Waals surface area (Å²) in [6.45, 7) is 5.82. The van der Waals surface area contributed by atoms with Crippen LogP contribution in [0.15, 0.2) is 77.8 Å². The number of anilines is 1. The zero-order chi connectivity index (χ0) is 28.8. The summed E-state index contributed by atoms with van der Waals surface area (Å²) in [6.07, 6.45) is 0.213. The Morgan fingerprint density at radius 2 is 1.68 bits per heavy atom. The number of sulfonamides is 1. The molecular weight excluding hydrogens is 532 g/mol. The lowest BCUT2D eigenvalue weighted by atomic mass is 9.86. The van der Waals surface area contributed by atoms with Gasteiger partial charge in [0.1, 0.15) is 11.5 Å². The van der Waals surface area contributed by atoms with Gasteiger partial charge in [-0.3, -0.25) is 13.7 Å². The average molecular weight is 563 g/mol. The Morgan fingerprint density at radius 3 is 2.33 bits per heavy atom. The topological polar surface area (TPSA) is 104 Å². The maximum absolute atomic E-state index is 14.0. The molecule has 2 heterocycles. The summed E-state index contributed by atoms with van der Waals surface area (Å²) in [5.41, 5.74) is 1.70. The molecule has 9 nitrogen and oxygen atoms in total. The molecule has 0 spiro atoms. The first-order valence-electron chi connectivity index (χ1n) is 12.7. The van der Waals surface area contributed by atoms with E-state index in [4.69, 9.17) is 14.2 Å². The second kappa shape index (κ2) is 10.0. The maximum Gasteiger partial charge on any atom is 0.340 e. The van der Waals surface area contributed by atoms with Crippen LogP contribution in [0.25, 0.3) is 10.9 Å². The zero-order valence-electron chi connectivity index (χ0n) is 22.9. The molecule has 10 heteroatoms. The van der Waals surface area contributed by atoms with Gasteiger partial charge >= 0.3 is 5.97 Å². The van der Waals surface area contributed by atoms with Crippen LogP contribution < -0.4 is 13.8 Å². The molecule has 0 bridgehead atoms. The standard InChI is InChI=1S/C30H30N2O7S/c1-30(2,3)19-10-15-26-25(16-19)32(40(35,36)21-13-11-20(37-4)12-14-21)18-27(39-26)28(33)31-17-23(29(34)38-5)22-8-6-7-9-24(22)31/h6-17,27H,18H2,1-5H3/t27-/m0/s1. The van der Waals surface area contributed by atoms with Gasteiger partial charge in [0.25, 0.3) is 15.9 Å². The Balaban J connectivity index is 1.62. The Bertz CT molecular complexity index is 1720. The number of rotatable bonds is 5. The van der Waals surface area contributed by atoms with E-state index in [9.17, 15) is 18.0 Å². The lowest BCUT2D eigenvalue weighted by molar-refractivity contribution is 0.0602. The van der Waals surface area contributed by atoms with E-state index in [1.807, 2.05) is 26.8 Å². The first kappa shape index (κ1) is 27.3. The summed E-state index contributed by atoms with van der Waals surface area (Å²) in [4.78, 5) is 26.4. The maximum atomic E-state index is 14.0. The van der Waals surface area contributed by atoms with Crippen molar-refractivity contribution >= 4 is 38.5 Å². The number of fused-ring (bicyclic) bond motifs is 2. The number of hydrogen-bond acceptors (Lipinski definition) is 7. The summed E-state index contributed by atoms with van der Waals surface area (Å²) in [5, 5.41) is 0.538. The van der Waals surface area contributed by atoms with Gasteiger partial charge in [-0.15, -0.1) is 0 Å². The molecule has 0 saturated carbocycles. The van der Waals surface area contributed by atoms with Crippen LogP contribution in [-0.4, -0.2) is 51.7 Å². The van der Waals surface area contributed by atoms with Gasteiger partial charge in [-0.2, -0.15) is 0 Å². The molecule has 0 radical (unpaired) electrons. The number of para-hydroxylation sites is 1. The summed E-state index contributed by atoms with van der Waals surface area (Å²) in [6, 6.07) is 18.4. The highest BCUT2D eigenvalue weighted by Gasteiger charge is 2.39. The number of aromatic nitrogens is 1. The highest BCUT2D eigenvalue weighted by Crippen LogP contribution is 2.40. The number of hydrogen-bond donors (Lipinski definition) is 0. The van der Waals surface area contributed by atoms with Crippen molar-refractivity contribution in [3.63, 3.8) is 0 Å². The molecule has 0 fully saturated rings. The predicted molar refractivity (Wildman–Crippen MR) is 151 cm³/mol. The highest BCUT2D eigenvalue weighted by atomic mass is 32.2. The van der Waals surface area contributed by atoms with Crippen LogP contribution in [0.5, 0.6) is 11.5 Å². The molecule has 1 aliphatic rings. The molecule has 3 aromatic carbocycles. The van der Waals surface area contributed by atoms with Crippen molar-refractivity contribution < 1.29 is 32.2 Å². The minimum absolute atomic E-state index is 0.0490. The number of carbonyl (C=O) groups excluding carboxylic acids is 2. The van der Waals surface area contributed by atoms with E-state index < -0.39 is 28.0 Å². The summed E-state index contributed by atoms with van der Waals surface area (Å²) in [7, 11) is -1.33. The third kappa shape index (κ3) is 4.68. The number of carbonyl (C=O) groups is 2. The van der Waals surface area contributed by atoms with Crippen molar-refractivity contribution in [2.75, 3.05) is 25.1 Å². The van der Waals surface area contributed by atoms with Crippen LogP contribution in [0, 0.1) is 0 Å². The van der Waals surface area contributed by atoms with E-state index in [0.717, 1.165) is 5.56 Å². The molecule has 1 aliphatic heterocycles. The van der Waals surface area contributed by atoms with E-state index in [2.05, 4.69) is 0 Å². The predicted octanol–water partition coefficient (Wildman–Crippen LogP) is 5.03. The van der Waals surface area contributed by atoms with Gasteiger partial charge in [0.2, 0.25) is 0 Å². The SMILES string of the molecule is COC(=O)c1cn(C(=O)[C@@H]2CN(S(=O)(=O)c3ccc(OC)cc3)c3cc(C(C)(C)C)ccc3O2)c2ccccc12. The second-order valence-corrected chi connectivity index (χ2v) is 12.4. The van der Waals surface area contributed by atoms with Gasteiger partial charge in [0, 0.05) is 11.6 Å². The Labute approximate surface area is 232 Å². The number of esters is 1. The number of benzene rings is 3. The van der Waals surface area contributed by atoms with Crippen LogP contribution in [0.4, 0.5) is 5.69 Å². The molecule has 1 atom stereocenters. The lowest BCUT2D eigenvalue weighted by Gasteiger charge is -2.36. The second-order valence-electron chi connectivity index (χ2n) is 10.5. The van der Waals surface area contributed by atoms with Crippen molar-refractivity contribution in [3.8, 4) is 11.5 Å². The third-order valence-electron chi connectivity index (χ3n) is 6.97. The van der Waals surface area contributed by atoms with E-state index in [1.165, 1.54) is 41.4 Å². The lowest BCUT2D eigenvalue weighted by Crippen LogP contribution is -2.48. The van der Waals surface area contributed by atoms with Gasteiger partial charge in [-0.05, 0) is 53.4 Å². The van der Waals surface area contributed by atoms with Crippen LogP contribution >= 0.6 is 0 Å². The molecule has 208 valence electrons. The Morgan fingerprint density at radius 1 is 0.975 bits per heavy atom. The minimum Gasteiger partial charge on any atom is -0.497 e. The first-order valence-corrected chi connectivity index (χ1v) is 14.1. The fourth-order valence-corrected chi connectivity index (χ4v) is 6.21. The fourth-order valence-electron chi connectivity index (χ4n) is 4.74. The van der Waals surface area contributed by atoms with E-state index in [1.54, 1.807) is 48.5 Å². The van der Waals surface area contributed by atoms with Crippen molar-refractivity contribution in [2.45, 2.75) is 37.2 Å². The summed E-state index contributed by atoms with van der Waals surface area (Å²) >= 11 is 0. The van der Waals surface area contributed by atoms with Crippen molar-refractivity contribution in [1.82, 2.24) is 4.57 Å². The minimum atomic E-state index is -4.10. The summed E-state index contributed by atoms with van der Waals surface area (Å²) < 4.78 is 46.8. The highest BCUT2D eigenvalue weighted by molar-refractivity contribution is 7.92. The number of ether oxygens (including phenoxy) is 3. The fraction of sp³-hybridized carbons (Fsp3) is 0.267. The molecule has 0 unspecified atom stereocenters. The summed E-state index contributed by atoms with van der Waals surface area (Å²) in [5.74, 6) is -0.326. The van der Waals surface area contributed by atoms with Crippen LogP contribution in [0.1, 0.15) is 41.5 Å². The van der Waals surface area contributed by atoms with Crippen LogP contribution in [-0.2, 0) is 20.2 Å². The van der Waals surface area contributed by atoms with Crippen molar-refractivity contribution in [3.05, 3.63) is 84.1 Å². The molecule has 1 aromatic heterocycles.